The highest BCUT2D eigenvalue weighted by atomic mass is 35.5. The van der Waals surface area contributed by atoms with Gasteiger partial charge in [0.25, 0.3) is 5.91 Å². The molecular weight excluding hydrogens is 256 g/mol. The van der Waals surface area contributed by atoms with Gasteiger partial charge in [-0.15, -0.1) is 0 Å². The first-order valence-electron chi connectivity index (χ1n) is 5.25. The van der Waals surface area contributed by atoms with Crippen LogP contribution in [0.2, 0.25) is 5.02 Å². The third kappa shape index (κ3) is 2.41. The Balaban J connectivity index is 3.38. The van der Waals surface area contributed by atoms with E-state index in [4.69, 9.17) is 17.3 Å². The van der Waals surface area contributed by atoms with Crippen molar-refractivity contribution in [3.8, 4) is 0 Å². The van der Waals surface area contributed by atoms with Gasteiger partial charge in [0.2, 0.25) is 0 Å². The fraction of sp³-hybridized carbons (Fsp3) is 0.333. The number of likely N-dealkylation sites (N-methyl/N-ethyl adjacent to an activating group) is 1. The lowest BCUT2D eigenvalue weighted by Crippen LogP contribution is -2.48. The van der Waals surface area contributed by atoms with Crippen molar-refractivity contribution < 1.29 is 14.7 Å². The van der Waals surface area contributed by atoms with E-state index in [-0.39, 0.29) is 10.6 Å². The molecule has 0 aromatic heterocycles. The second-order valence-electron chi connectivity index (χ2n) is 4.42. The van der Waals surface area contributed by atoms with Crippen LogP contribution in [-0.2, 0) is 4.79 Å². The summed E-state index contributed by atoms with van der Waals surface area (Å²) in [5.74, 6) is -1.70. The molecule has 5 nitrogen and oxygen atoms in total. The van der Waals surface area contributed by atoms with Crippen LogP contribution >= 0.6 is 11.6 Å². The van der Waals surface area contributed by atoms with E-state index in [1.54, 1.807) is 19.2 Å². The molecule has 6 heteroatoms. The van der Waals surface area contributed by atoms with Crippen LogP contribution in [0, 0.1) is 0 Å². The number of nitrogens with two attached hydrogens (primary N) is 1. The van der Waals surface area contributed by atoms with Gasteiger partial charge < -0.3 is 15.7 Å². The molecule has 0 atom stereocenters. The number of hydrogen-bond acceptors (Lipinski definition) is 3. The number of anilines is 1. The number of aliphatic carboxylic acids is 1. The summed E-state index contributed by atoms with van der Waals surface area (Å²) in [5, 5.41) is 9.38. The summed E-state index contributed by atoms with van der Waals surface area (Å²) in [4.78, 5) is 24.1. The van der Waals surface area contributed by atoms with E-state index in [1.165, 1.54) is 24.8 Å². The molecule has 0 aliphatic heterocycles. The second kappa shape index (κ2) is 4.86. The first kappa shape index (κ1) is 14.3. The molecule has 0 spiro atoms. The van der Waals surface area contributed by atoms with Crippen LogP contribution in [0.1, 0.15) is 24.2 Å². The Labute approximate surface area is 110 Å². The number of carboxylic acid groups (broad SMARTS) is 1. The first-order valence-corrected chi connectivity index (χ1v) is 5.63. The highest BCUT2D eigenvalue weighted by molar-refractivity contribution is 6.34. The van der Waals surface area contributed by atoms with Crippen molar-refractivity contribution in [3.05, 3.63) is 28.8 Å². The minimum Gasteiger partial charge on any atom is -0.480 e. The summed E-state index contributed by atoms with van der Waals surface area (Å²) in [6.45, 7) is 3.06. The zero-order chi connectivity index (χ0) is 14.1. The number of rotatable bonds is 4. The quantitative estimate of drug-likeness (QED) is 0.873. The van der Waals surface area contributed by atoms with E-state index in [0.29, 0.717) is 5.69 Å². The average Bonchev–Trinajstić information content (AvgIpc) is 2.26. The van der Waals surface area contributed by atoms with E-state index in [9.17, 15) is 14.7 Å². The topological polar surface area (TPSA) is 83.6 Å². The Morgan fingerprint density at radius 1 is 1.39 bits per heavy atom. The maximum absolute atomic E-state index is 11.4. The predicted molar refractivity (Wildman–Crippen MR) is 70.1 cm³/mol. The van der Waals surface area contributed by atoms with Crippen molar-refractivity contribution in [3.63, 3.8) is 0 Å². The average molecular weight is 271 g/mol. The Bertz CT molecular complexity index is 500. The van der Waals surface area contributed by atoms with Gasteiger partial charge in [0.05, 0.1) is 16.3 Å². The molecule has 0 bridgehead atoms. The highest BCUT2D eigenvalue weighted by Crippen LogP contribution is 2.30. The molecule has 0 aliphatic carbocycles. The van der Waals surface area contributed by atoms with Gasteiger partial charge in [-0.25, -0.2) is 4.79 Å². The number of carbonyl (C=O) groups is 2. The molecule has 1 aromatic rings. The zero-order valence-electron chi connectivity index (χ0n) is 10.4. The molecule has 1 amide bonds. The molecule has 1 aromatic carbocycles. The molecule has 0 heterocycles. The fourth-order valence-electron chi connectivity index (χ4n) is 1.48. The van der Waals surface area contributed by atoms with Crippen molar-refractivity contribution in [2.45, 2.75) is 19.4 Å². The van der Waals surface area contributed by atoms with Gasteiger partial charge in [-0.3, -0.25) is 4.79 Å². The summed E-state index contributed by atoms with van der Waals surface area (Å²) in [5.41, 5.74) is 4.60. The lowest BCUT2D eigenvalue weighted by molar-refractivity contribution is -0.142. The molecule has 0 fully saturated rings. The van der Waals surface area contributed by atoms with Gasteiger partial charge in [-0.2, -0.15) is 0 Å². The first-order chi connectivity index (χ1) is 8.19. The van der Waals surface area contributed by atoms with Crippen LogP contribution in [0.15, 0.2) is 18.2 Å². The number of halogens is 1. The van der Waals surface area contributed by atoms with Crippen molar-refractivity contribution in [1.29, 1.82) is 0 Å². The van der Waals surface area contributed by atoms with Crippen molar-refractivity contribution in [2.75, 3.05) is 11.9 Å². The minimum atomic E-state index is -1.19. The van der Waals surface area contributed by atoms with Gasteiger partial charge in [0, 0.05) is 7.05 Å². The summed E-state index contributed by atoms with van der Waals surface area (Å²) >= 11 is 5.92. The SMILES string of the molecule is CN(c1cccc(Cl)c1C(N)=O)C(C)(C)C(=O)O. The summed E-state index contributed by atoms with van der Waals surface area (Å²) in [7, 11) is 1.58. The molecule has 0 saturated heterocycles. The van der Waals surface area contributed by atoms with Crippen molar-refractivity contribution >= 4 is 29.2 Å². The molecule has 1 rings (SSSR count). The van der Waals surface area contributed by atoms with Crippen LogP contribution in [-0.4, -0.2) is 29.6 Å². The maximum Gasteiger partial charge on any atom is 0.328 e. The minimum absolute atomic E-state index is 0.121. The number of primary amides is 1. The van der Waals surface area contributed by atoms with Crippen LogP contribution in [0.3, 0.4) is 0 Å². The van der Waals surface area contributed by atoms with Crippen molar-refractivity contribution in [1.82, 2.24) is 0 Å². The number of benzene rings is 1. The van der Waals surface area contributed by atoms with Gasteiger partial charge in [-0.05, 0) is 26.0 Å². The van der Waals surface area contributed by atoms with Crippen LogP contribution in [0.5, 0.6) is 0 Å². The third-order valence-corrected chi connectivity index (χ3v) is 3.28. The smallest absolute Gasteiger partial charge is 0.328 e. The molecule has 0 saturated carbocycles. The van der Waals surface area contributed by atoms with Gasteiger partial charge in [0.15, 0.2) is 0 Å². The fourth-order valence-corrected chi connectivity index (χ4v) is 1.74. The Kier molecular flexibility index (Phi) is 3.86. The monoisotopic (exact) mass is 270 g/mol. The second-order valence-corrected chi connectivity index (χ2v) is 4.83. The number of carbonyl (C=O) groups excluding carboxylic acids is 1. The van der Waals surface area contributed by atoms with Crippen molar-refractivity contribution in [2.24, 2.45) is 5.73 Å². The number of carboxylic acids is 1. The number of hydrogen-bond donors (Lipinski definition) is 2. The summed E-state index contributed by atoms with van der Waals surface area (Å²) in [6, 6.07) is 4.78. The highest BCUT2D eigenvalue weighted by Gasteiger charge is 2.34. The van der Waals surface area contributed by atoms with E-state index in [1.807, 2.05) is 0 Å². The van der Waals surface area contributed by atoms with E-state index < -0.39 is 17.4 Å². The molecule has 18 heavy (non-hydrogen) atoms. The van der Waals surface area contributed by atoms with Gasteiger partial charge >= 0.3 is 5.97 Å². The summed E-state index contributed by atoms with van der Waals surface area (Å²) in [6.07, 6.45) is 0. The zero-order valence-corrected chi connectivity index (χ0v) is 11.2. The lowest BCUT2D eigenvalue weighted by Gasteiger charge is -2.34. The Morgan fingerprint density at radius 2 is 1.94 bits per heavy atom. The standard InChI is InChI=1S/C12H15ClN2O3/c1-12(2,11(17)18)15(3)8-6-4-5-7(13)9(8)10(14)16/h4-6H,1-3H3,(H2,14,16)(H,17,18). The largest absolute Gasteiger partial charge is 0.480 e. The van der Waals surface area contributed by atoms with Crippen LogP contribution in [0.25, 0.3) is 0 Å². The molecule has 0 aliphatic rings. The molecule has 0 radical (unpaired) electrons. The molecule has 0 unspecified atom stereocenters. The Morgan fingerprint density at radius 3 is 2.39 bits per heavy atom. The summed E-state index contributed by atoms with van der Waals surface area (Å²) < 4.78 is 0. The lowest BCUT2D eigenvalue weighted by atomic mass is 10.0. The van der Waals surface area contributed by atoms with E-state index >= 15 is 0 Å². The third-order valence-electron chi connectivity index (χ3n) is 2.96. The predicted octanol–water partition coefficient (Wildman–Crippen LogP) is 1.74. The van der Waals surface area contributed by atoms with E-state index in [0.717, 1.165) is 0 Å². The van der Waals surface area contributed by atoms with Crippen LogP contribution < -0.4 is 10.6 Å². The van der Waals surface area contributed by atoms with Gasteiger partial charge in [0.1, 0.15) is 5.54 Å². The van der Waals surface area contributed by atoms with E-state index in [2.05, 4.69) is 0 Å². The molecule has 3 N–H and O–H groups in total. The Hall–Kier alpha value is -1.75. The molecule has 98 valence electrons. The van der Waals surface area contributed by atoms with Crippen LogP contribution in [0.4, 0.5) is 5.69 Å². The maximum atomic E-state index is 11.4. The van der Waals surface area contributed by atoms with Gasteiger partial charge in [-0.1, -0.05) is 17.7 Å². The normalized spacial score (nSPS) is 11.1. The number of amides is 1. The number of nitrogens with zero attached hydrogens (tertiary/aromatic N) is 1. The molecular formula is C12H15ClN2O3.